The van der Waals surface area contributed by atoms with E-state index in [0.717, 1.165) is 50.9 Å². The standard InChI is InChI=1S/C19H31N5O3/c1-3-21-19(22-12-15(2)24-7-9-26-10-8-24)23-13-16-5-4-6-17(11-16)27-14-18(20)25/h4-6,11,15H,3,7-10,12-14H2,1-2H3,(H2,20,25)(H2,21,22,23). The third-order valence-electron chi connectivity index (χ3n) is 4.28. The van der Waals surface area contributed by atoms with Crippen LogP contribution in [0.3, 0.4) is 0 Å². The van der Waals surface area contributed by atoms with E-state index in [1.165, 1.54) is 0 Å². The van der Waals surface area contributed by atoms with Crippen LogP contribution in [0.4, 0.5) is 0 Å². The van der Waals surface area contributed by atoms with Crippen LogP contribution in [0.2, 0.25) is 0 Å². The number of amides is 1. The summed E-state index contributed by atoms with van der Waals surface area (Å²) in [6, 6.07) is 7.92. The molecule has 2 rings (SSSR count). The first-order chi connectivity index (χ1) is 13.1. The summed E-state index contributed by atoms with van der Waals surface area (Å²) in [6.45, 7) is 9.77. The molecule has 150 valence electrons. The molecule has 1 aromatic carbocycles. The van der Waals surface area contributed by atoms with Gasteiger partial charge in [-0.25, -0.2) is 4.99 Å². The number of nitrogens with zero attached hydrogens (tertiary/aromatic N) is 2. The minimum absolute atomic E-state index is 0.129. The summed E-state index contributed by atoms with van der Waals surface area (Å²) >= 11 is 0. The predicted octanol–water partition coefficient (Wildman–Crippen LogP) is 0.327. The normalized spacial score (nSPS) is 16.6. The van der Waals surface area contributed by atoms with Gasteiger partial charge in [-0.2, -0.15) is 0 Å². The van der Waals surface area contributed by atoms with Crippen molar-refractivity contribution in [2.75, 3.05) is 46.0 Å². The number of nitrogens with one attached hydrogen (secondary N) is 2. The van der Waals surface area contributed by atoms with Crippen LogP contribution in [0.1, 0.15) is 19.4 Å². The molecule has 0 aromatic heterocycles. The second-order valence-electron chi connectivity index (χ2n) is 6.48. The molecule has 0 radical (unpaired) electrons. The molecule has 0 saturated carbocycles. The SMILES string of the molecule is CCNC(=NCc1cccc(OCC(N)=O)c1)NCC(C)N1CCOCC1. The highest BCUT2D eigenvalue weighted by molar-refractivity contribution is 5.79. The maximum absolute atomic E-state index is 10.8. The smallest absolute Gasteiger partial charge is 0.255 e. The summed E-state index contributed by atoms with van der Waals surface area (Å²) in [5.74, 6) is 0.896. The third-order valence-corrected chi connectivity index (χ3v) is 4.28. The zero-order valence-corrected chi connectivity index (χ0v) is 16.2. The Morgan fingerprint density at radius 3 is 2.85 bits per heavy atom. The van der Waals surface area contributed by atoms with E-state index in [1.54, 1.807) is 6.07 Å². The Morgan fingerprint density at radius 2 is 2.15 bits per heavy atom. The molecule has 1 unspecified atom stereocenters. The molecule has 1 fully saturated rings. The first kappa shape index (κ1) is 21.0. The first-order valence-corrected chi connectivity index (χ1v) is 9.42. The van der Waals surface area contributed by atoms with Crippen molar-refractivity contribution in [2.45, 2.75) is 26.4 Å². The quantitative estimate of drug-likeness (QED) is 0.423. The molecular formula is C19H31N5O3. The molecule has 1 aliphatic heterocycles. The molecule has 1 amide bonds. The largest absolute Gasteiger partial charge is 0.484 e. The van der Waals surface area contributed by atoms with Crippen molar-refractivity contribution in [3.05, 3.63) is 29.8 Å². The molecule has 1 atom stereocenters. The number of carbonyl (C=O) groups is 1. The fourth-order valence-corrected chi connectivity index (χ4v) is 2.79. The van der Waals surface area contributed by atoms with Gasteiger partial charge in [-0.15, -0.1) is 0 Å². The number of guanidine groups is 1. The Morgan fingerprint density at radius 1 is 1.37 bits per heavy atom. The van der Waals surface area contributed by atoms with Gasteiger partial charge in [0.05, 0.1) is 19.8 Å². The Labute approximate surface area is 161 Å². The number of primary amides is 1. The topological polar surface area (TPSA) is 101 Å². The summed E-state index contributed by atoms with van der Waals surface area (Å²) in [5, 5.41) is 6.68. The first-order valence-electron chi connectivity index (χ1n) is 9.42. The molecule has 0 aliphatic carbocycles. The molecule has 1 aliphatic rings. The lowest BCUT2D eigenvalue weighted by Crippen LogP contribution is -2.49. The number of aliphatic imine (C=N–C) groups is 1. The lowest BCUT2D eigenvalue weighted by molar-refractivity contribution is -0.119. The van der Waals surface area contributed by atoms with Gasteiger partial charge in [0.15, 0.2) is 12.6 Å². The highest BCUT2D eigenvalue weighted by Crippen LogP contribution is 2.14. The zero-order valence-electron chi connectivity index (χ0n) is 16.2. The molecule has 8 nitrogen and oxygen atoms in total. The number of ether oxygens (including phenoxy) is 2. The van der Waals surface area contributed by atoms with E-state index in [0.29, 0.717) is 18.3 Å². The van der Waals surface area contributed by atoms with E-state index in [1.807, 2.05) is 25.1 Å². The summed E-state index contributed by atoms with van der Waals surface area (Å²) < 4.78 is 10.7. The van der Waals surface area contributed by atoms with E-state index >= 15 is 0 Å². The van der Waals surface area contributed by atoms with Crippen molar-refractivity contribution in [3.63, 3.8) is 0 Å². The van der Waals surface area contributed by atoms with E-state index in [-0.39, 0.29) is 6.61 Å². The maximum Gasteiger partial charge on any atom is 0.255 e. The van der Waals surface area contributed by atoms with Gasteiger partial charge >= 0.3 is 0 Å². The van der Waals surface area contributed by atoms with Gasteiger partial charge in [0.1, 0.15) is 5.75 Å². The van der Waals surface area contributed by atoms with Crippen molar-refractivity contribution in [1.29, 1.82) is 0 Å². The van der Waals surface area contributed by atoms with Crippen molar-refractivity contribution in [3.8, 4) is 5.75 Å². The summed E-state index contributed by atoms with van der Waals surface area (Å²) in [6.07, 6.45) is 0. The van der Waals surface area contributed by atoms with Crippen LogP contribution < -0.4 is 21.1 Å². The number of carbonyl (C=O) groups excluding carboxylic acids is 1. The monoisotopic (exact) mass is 377 g/mol. The molecule has 1 aromatic rings. The van der Waals surface area contributed by atoms with E-state index in [9.17, 15) is 4.79 Å². The molecule has 1 heterocycles. The van der Waals surface area contributed by atoms with Gasteiger partial charge in [0.2, 0.25) is 0 Å². The third kappa shape index (κ3) is 7.84. The summed E-state index contributed by atoms with van der Waals surface area (Å²) in [4.78, 5) is 17.9. The van der Waals surface area contributed by atoms with E-state index < -0.39 is 5.91 Å². The highest BCUT2D eigenvalue weighted by atomic mass is 16.5. The predicted molar refractivity (Wildman–Crippen MR) is 106 cm³/mol. The Kier molecular flexibility index (Phi) is 8.86. The van der Waals surface area contributed by atoms with Crippen molar-refractivity contribution < 1.29 is 14.3 Å². The molecule has 1 saturated heterocycles. The van der Waals surface area contributed by atoms with Crippen molar-refractivity contribution in [1.82, 2.24) is 15.5 Å². The average Bonchev–Trinajstić information content (AvgIpc) is 2.69. The van der Waals surface area contributed by atoms with Gasteiger partial charge in [0, 0.05) is 32.2 Å². The minimum Gasteiger partial charge on any atom is -0.484 e. The Bertz CT molecular complexity index is 617. The van der Waals surface area contributed by atoms with Gasteiger partial charge in [-0.05, 0) is 31.5 Å². The number of hydrogen-bond donors (Lipinski definition) is 3. The molecule has 8 heteroatoms. The molecule has 0 bridgehead atoms. The minimum atomic E-state index is -0.494. The van der Waals surface area contributed by atoms with Gasteiger partial charge in [-0.3, -0.25) is 9.69 Å². The van der Waals surface area contributed by atoms with Crippen LogP contribution >= 0.6 is 0 Å². The van der Waals surface area contributed by atoms with E-state index in [2.05, 4.69) is 27.4 Å². The Hall–Kier alpha value is -2.32. The van der Waals surface area contributed by atoms with Crippen LogP contribution in [-0.4, -0.2) is 68.8 Å². The maximum atomic E-state index is 10.8. The number of nitrogens with two attached hydrogens (primary N) is 1. The van der Waals surface area contributed by atoms with Crippen LogP contribution in [0, 0.1) is 0 Å². The van der Waals surface area contributed by atoms with Crippen LogP contribution in [0.25, 0.3) is 0 Å². The average molecular weight is 377 g/mol. The highest BCUT2D eigenvalue weighted by Gasteiger charge is 2.16. The fourth-order valence-electron chi connectivity index (χ4n) is 2.79. The number of rotatable bonds is 9. The number of morpholine rings is 1. The fraction of sp³-hybridized carbons (Fsp3) is 0.579. The van der Waals surface area contributed by atoms with Crippen molar-refractivity contribution >= 4 is 11.9 Å². The lowest BCUT2D eigenvalue weighted by Gasteiger charge is -2.32. The van der Waals surface area contributed by atoms with Gasteiger partial charge in [-0.1, -0.05) is 12.1 Å². The number of hydrogen-bond acceptors (Lipinski definition) is 5. The molecule has 27 heavy (non-hydrogen) atoms. The Balaban J connectivity index is 1.88. The summed E-state index contributed by atoms with van der Waals surface area (Å²) in [7, 11) is 0. The lowest BCUT2D eigenvalue weighted by atomic mass is 10.2. The van der Waals surface area contributed by atoms with Crippen LogP contribution in [-0.2, 0) is 16.1 Å². The van der Waals surface area contributed by atoms with E-state index in [4.69, 9.17) is 15.2 Å². The molecule has 4 N–H and O–H groups in total. The second kappa shape index (κ2) is 11.4. The van der Waals surface area contributed by atoms with Crippen LogP contribution in [0.5, 0.6) is 5.75 Å². The van der Waals surface area contributed by atoms with Crippen molar-refractivity contribution in [2.24, 2.45) is 10.7 Å². The van der Waals surface area contributed by atoms with Gasteiger partial charge in [0.25, 0.3) is 5.91 Å². The van der Waals surface area contributed by atoms with Crippen LogP contribution in [0.15, 0.2) is 29.3 Å². The second-order valence-corrected chi connectivity index (χ2v) is 6.48. The number of benzene rings is 1. The summed E-state index contributed by atoms with van der Waals surface area (Å²) in [5.41, 5.74) is 6.10. The molecule has 0 spiro atoms. The zero-order chi connectivity index (χ0) is 19.5. The molecular weight excluding hydrogens is 346 g/mol. The van der Waals surface area contributed by atoms with Gasteiger partial charge < -0.3 is 25.8 Å².